The van der Waals surface area contributed by atoms with Gasteiger partial charge in [0.1, 0.15) is 18.2 Å². The summed E-state index contributed by atoms with van der Waals surface area (Å²) in [4.78, 5) is 72.1. The second-order valence-corrected chi connectivity index (χ2v) is 19.7. The predicted octanol–water partition coefficient (Wildman–Crippen LogP) is 6.15. The quantitative estimate of drug-likeness (QED) is 0.203. The van der Waals surface area contributed by atoms with Crippen LogP contribution in [-0.2, 0) is 47.7 Å². The Hall–Kier alpha value is -3.37. The third-order valence-electron chi connectivity index (χ3n) is 14.6. The van der Waals surface area contributed by atoms with Crippen LogP contribution in [0.4, 0.5) is 0 Å². The number of esters is 1. The zero-order chi connectivity index (χ0) is 48.2. The van der Waals surface area contributed by atoms with Gasteiger partial charge in [-0.2, -0.15) is 0 Å². The largest absolute Gasteiger partial charge is 0.460 e. The number of cyclic esters (lactones) is 1. The first-order valence-electron chi connectivity index (χ1n) is 24.0. The van der Waals surface area contributed by atoms with Crippen molar-refractivity contribution in [3.8, 4) is 0 Å². The minimum absolute atomic E-state index is 0.0338. The van der Waals surface area contributed by atoms with Gasteiger partial charge in [-0.15, -0.1) is 0 Å². The molecule has 3 fully saturated rings. The number of carbonyl (C=O) groups is 5. The molecule has 0 spiro atoms. The first kappa shape index (κ1) is 54.2. The van der Waals surface area contributed by atoms with Crippen molar-refractivity contribution in [2.45, 2.75) is 180 Å². The number of aliphatic hydroxyl groups excluding tert-OH is 2. The zero-order valence-corrected chi connectivity index (χ0v) is 40.7. The Morgan fingerprint density at radius 2 is 1.60 bits per heavy atom. The van der Waals surface area contributed by atoms with Crippen molar-refractivity contribution in [3.63, 3.8) is 0 Å². The van der Waals surface area contributed by atoms with E-state index in [1.165, 1.54) is 12.0 Å². The van der Waals surface area contributed by atoms with E-state index in [1.807, 2.05) is 58.1 Å². The van der Waals surface area contributed by atoms with Crippen LogP contribution in [0.15, 0.2) is 47.6 Å². The summed E-state index contributed by atoms with van der Waals surface area (Å²) in [6.07, 6.45) is 12.1. The molecule has 14 heteroatoms. The Kier molecular flexibility index (Phi) is 21.0. The number of ether oxygens (including phenoxy) is 5. The number of hydrogen-bond donors (Lipinski definition) is 3. The predicted molar refractivity (Wildman–Crippen MR) is 247 cm³/mol. The van der Waals surface area contributed by atoms with Gasteiger partial charge in [0.05, 0.1) is 30.5 Å². The maximum absolute atomic E-state index is 14.4. The molecular weight excluding hydrogens is 833 g/mol. The molecule has 8 unspecified atom stereocenters. The van der Waals surface area contributed by atoms with Crippen molar-refractivity contribution in [2.75, 3.05) is 27.9 Å². The highest BCUT2D eigenvalue weighted by Crippen LogP contribution is 2.37. The molecule has 65 heavy (non-hydrogen) atoms. The first-order valence-corrected chi connectivity index (χ1v) is 24.0. The highest BCUT2D eigenvalue weighted by Gasteiger charge is 2.51. The number of rotatable bonds is 6. The number of piperidine rings is 1. The number of aliphatic hydroxyl groups is 2. The van der Waals surface area contributed by atoms with Gasteiger partial charge < -0.3 is 38.8 Å². The third kappa shape index (κ3) is 14.3. The second kappa shape index (κ2) is 25.1. The number of nitrogens with two attached hydrogens (primary N) is 1. The number of allylic oxidation sites excluding steroid dienone is 6. The fourth-order valence-corrected chi connectivity index (χ4v) is 10.2. The summed E-state index contributed by atoms with van der Waals surface area (Å²) in [6, 6.07) is -1.09. The molecule has 366 valence electrons. The Morgan fingerprint density at radius 3 is 2.28 bits per heavy atom. The van der Waals surface area contributed by atoms with Crippen molar-refractivity contribution in [2.24, 2.45) is 41.2 Å². The lowest BCUT2D eigenvalue weighted by Gasteiger charge is -2.43. The molecule has 3 aliphatic heterocycles. The number of amides is 1. The summed E-state index contributed by atoms with van der Waals surface area (Å²) in [6.45, 7) is 13.0. The first-order chi connectivity index (χ1) is 30.7. The van der Waals surface area contributed by atoms with Gasteiger partial charge in [-0.25, -0.2) is 4.79 Å². The van der Waals surface area contributed by atoms with Crippen LogP contribution in [0, 0.1) is 35.5 Å². The molecular formula is C51H80N2O12. The summed E-state index contributed by atoms with van der Waals surface area (Å²) in [5.74, 6) is -4.81. The van der Waals surface area contributed by atoms with E-state index < -0.39 is 77.7 Å². The average Bonchev–Trinajstić information content (AvgIpc) is 3.28. The second-order valence-electron chi connectivity index (χ2n) is 19.7. The van der Waals surface area contributed by atoms with E-state index in [0.717, 1.165) is 12.0 Å². The van der Waals surface area contributed by atoms with Crippen LogP contribution in [0.1, 0.15) is 126 Å². The highest BCUT2D eigenvalue weighted by atomic mass is 16.5. The Morgan fingerprint density at radius 1 is 0.877 bits per heavy atom. The summed E-state index contributed by atoms with van der Waals surface area (Å²) < 4.78 is 29.7. The minimum atomic E-state index is -1.93. The van der Waals surface area contributed by atoms with Gasteiger partial charge in [-0.1, -0.05) is 71.1 Å². The molecule has 2 saturated heterocycles. The smallest absolute Gasteiger partial charge is 0.329 e. The molecule has 4 N–H and O–H groups in total. The molecule has 0 radical (unpaired) electrons. The monoisotopic (exact) mass is 913 g/mol. The van der Waals surface area contributed by atoms with Crippen molar-refractivity contribution in [1.82, 2.24) is 4.90 Å². The number of Topliss-reactive ketones (excluding diaryl/α,β-unsaturated/α-hetero) is 3. The minimum Gasteiger partial charge on any atom is -0.460 e. The SMILES string of the molecule is COC1C[C@@H]2CC[C@@H](C)C(N)(O2)C(=O)C(=O)N2CCCC[C@H]2C(=O)OC([C@H](C)C[C@@H]2CCC(O)C(OC)C2)CC(=O)C(C)=CC(C)C(O)C(OC)C(=O)[C@H](C)C[C@H](C)C=CC=CC=C1C. The molecule has 14 nitrogen and oxygen atoms in total. The van der Waals surface area contributed by atoms with Gasteiger partial charge in [-0.3, -0.25) is 24.9 Å². The summed E-state index contributed by atoms with van der Waals surface area (Å²) in [5, 5.41) is 21.9. The van der Waals surface area contributed by atoms with E-state index in [1.54, 1.807) is 41.1 Å². The number of fused-ring (bicyclic) bond motifs is 3. The number of hydrogen-bond acceptors (Lipinski definition) is 13. The topological polar surface area (TPSA) is 201 Å². The third-order valence-corrected chi connectivity index (χ3v) is 14.6. The number of nitrogens with zero attached hydrogens (tertiary/aromatic N) is 1. The van der Waals surface area contributed by atoms with E-state index in [4.69, 9.17) is 29.4 Å². The van der Waals surface area contributed by atoms with Crippen molar-refractivity contribution in [1.29, 1.82) is 0 Å². The molecule has 2 bridgehead atoms. The molecule has 15 atom stereocenters. The Bertz CT molecular complexity index is 1760. The molecule has 4 aliphatic rings. The maximum atomic E-state index is 14.4. The lowest BCUT2D eigenvalue weighted by Crippen LogP contribution is -2.65. The van der Waals surface area contributed by atoms with Crippen LogP contribution in [0.3, 0.4) is 0 Å². The van der Waals surface area contributed by atoms with E-state index >= 15 is 0 Å². The summed E-state index contributed by atoms with van der Waals surface area (Å²) in [7, 11) is 4.57. The summed E-state index contributed by atoms with van der Waals surface area (Å²) in [5.41, 5.74) is 6.13. The number of carbonyl (C=O) groups excluding carboxylic acids is 5. The average molecular weight is 913 g/mol. The van der Waals surface area contributed by atoms with Crippen LogP contribution in [0.2, 0.25) is 0 Å². The van der Waals surface area contributed by atoms with E-state index in [9.17, 15) is 34.2 Å². The van der Waals surface area contributed by atoms with Crippen LogP contribution in [-0.4, -0.2) is 127 Å². The fourth-order valence-electron chi connectivity index (χ4n) is 10.2. The lowest BCUT2D eigenvalue weighted by atomic mass is 9.78. The van der Waals surface area contributed by atoms with Crippen LogP contribution in [0.25, 0.3) is 0 Å². The van der Waals surface area contributed by atoms with E-state index in [0.29, 0.717) is 63.4 Å². The zero-order valence-electron chi connectivity index (χ0n) is 40.7. The van der Waals surface area contributed by atoms with Crippen molar-refractivity contribution in [3.05, 3.63) is 47.6 Å². The van der Waals surface area contributed by atoms with Crippen LogP contribution < -0.4 is 5.73 Å². The lowest BCUT2D eigenvalue weighted by molar-refractivity contribution is -0.187. The van der Waals surface area contributed by atoms with Gasteiger partial charge in [0, 0.05) is 58.5 Å². The maximum Gasteiger partial charge on any atom is 0.329 e. The van der Waals surface area contributed by atoms with Crippen LogP contribution in [0.5, 0.6) is 0 Å². The molecule has 0 aromatic carbocycles. The molecule has 3 heterocycles. The summed E-state index contributed by atoms with van der Waals surface area (Å²) >= 11 is 0. The van der Waals surface area contributed by atoms with E-state index in [-0.39, 0.29) is 60.9 Å². The molecule has 1 aliphatic carbocycles. The highest BCUT2D eigenvalue weighted by molar-refractivity contribution is 6.39. The number of ketones is 3. The Balaban J connectivity index is 1.70. The van der Waals surface area contributed by atoms with Gasteiger partial charge in [0.2, 0.25) is 0 Å². The van der Waals surface area contributed by atoms with Crippen molar-refractivity contribution < 1.29 is 57.9 Å². The molecule has 1 amide bonds. The number of methoxy groups -OCH3 is 3. The molecule has 0 aromatic heterocycles. The molecule has 1 saturated carbocycles. The van der Waals surface area contributed by atoms with Gasteiger partial charge in [0.25, 0.3) is 11.7 Å². The van der Waals surface area contributed by atoms with E-state index in [2.05, 4.69) is 0 Å². The van der Waals surface area contributed by atoms with Gasteiger partial charge in [-0.05, 0) is 107 Å². The molecule has 4 rings (SSSR count). The van der Waals surface area contributed by atoms with Crippen LogP contribution >= 0.6 is 0 Å². The van der Waals surface area contributed by atoms with Crippen molar-refractivity contribution >= 4 is 29.2 Å². The van der Waals surface area contributed by atoms with Gasteiger partial charge >= 0.3 is 5.97 Å². The standard InChI is InChI=1S/C51H80N2O12/c1-30-16-12-11-13-17-31(2)42(61-8)28-38-21-19-36(7)51(52,65-38)48(58)49(59)53-23-15-14-18-39(53)50(60)64-43(33(4)26-37-20-22-40(54)44(27-37)62-9)29-41(55)32(3)25-35(6)46(57)47(63-10)45(56)34(5)24-30/h11-13,16-17,25,30,33-40,42-44,46-47,54,57H,14-15,18-24,26-29,52H2,1-10H3/t30-,33-,34-,35?,36-,37+,38+,39+,40?,42?,43?,44?,46?,47?,51?/m1/s1. The van der Waals surface area contributed by atoms with Gasteiger partial charge in [0.15, 0.2) is 17.3 Å². The normalized spacial score (nSPS) is 37.8. The fraction of sp³-hybridized carbons (Fsp3) is 0.745. The molecule has 0 aromatic rings. The Labute approximate surface area is 387 Å².